The molecule has 0 N–H and O–H groups in total. The molecule has 0 atom stereocenters. The average Bonchev–Trinajstić information content (AvgIpc) is 2.23. The van der Waals surface area contributed by atoms with Crippen LogP contribution in [0.3, 0.4) is 0 Å². The van der Waals surface area contributed by atoms with E-state index in [1.54, 1.807) is 6.20 Å². The minimum Gasteiger partial charge on any atom is -0.474 e. The van der Waals surface area contributed by atoms with Crippen LogP contribution in [0.25, 0.3) is 0 Å². The Balaban J connectivity index is 1.87. The molecule has 76 valence electrons. The predicted molar refractivity (Wildman–Crippen MR) is 59.8 cm³/mol. The molecule has 2 rings (SSSR count). The Labute approximate surface area is 92.8 Å². The fourth-order valence-electron chi connectivity index (χ4n) is 1.73. The van der Waals surface area contributed by atoms with Gasteiger partial charge in [-0.05, 0) is 31.7 Å². The van der Waals surface area contributed by atoms with E-state index in [1.807, 2.05) is 18.2 Å². The largest absolute Gasteiger partial charge is 0.474 e. The van der Waals surface area contributed by atoms with Crippen molar-refractivity contribution in [1.82, 2.24) is 4.98 Å². The molecule has 1 aromatic heterocycles. The van der Waals surface area contributed by atoms with Gasteiger partial charge >= 0.3 is 0 Å². The molecule has 1 fully saturated rings. The van der Waals surface area contributed by atoms with Crippen LogP contribution in [-0.2, 0) is 0 Å². The van der Waals surface area contributed by atoms with Crippen molar-refractivity contribution in [3.8, 4) is 5.88 Å². The minimum atomic E-state index is 0.360. The molecule has 0 spiro atoms. The first-order valence-corrected chi connectivity index (χ1v) is 5.98. The Morgan fingerprint density at radius 1 is 1.21 bits per heavy atom. The molecule has 1 aromatic rings. The smallest absolute Gasteiger partial charge is 0.213 e. The lowest BCUT2D eigenvalue weighted by Crippen LogP contribution is -2.24. The third kappa shape index (κ3) is 2.71. The van der Waals surface area contributed by atoms with Crippen molar-refractivity contribution < 1.29 is 4.74 Å². The second-order valence-corrected chi connectivity index (χ2v) is 4.95. The first-order valence-electron chi connectivity index (χ1n) is 5.06. The maximum Gasteiger partial charge on any atom is 0.213 e. The summed E-state index contributed by atoms with van der Waals surface area (Å²) in [7, 11) is 0. The van der Waals surface area contributed by atoms with Crippen LogP contribution in [0.15, 0.2) is 24.4 Å². The van der Waals surface area contributed by atoms with Gasteiger partial charge in [-0.15, -0.1) is 0 Å². The van der Waals surface area contributed by atoms with Crippen LogP contribution in [0.5, 0.6) is 5.88 Å². The number of aromatic nitrogens is 1. The maximum atomic E-state index is 5.77. The summed E-state index contributed by atoms with van der Waals surface area (Å²) < 4.78 is 5.77. The number of rotatable bonds is 2. The van der Waals surface area contributed by atoms with Gasteiger partial charge in [-0.2, -0.15) is 0 Å². The molecule has 0 saturated heterocycles. The van der Waals surface area contributed by atoms with Gasteiger partial charge in [-0.1, -0.05) is 22.0 Å². The number of alkyl halides is 1. The first-order chi connectivity index (χ1) is 6.84. The van der Waals surface area contributed by atoms with Gasteiger partial charge in [0.25, 0.3) is 0 Å². The van der Waals surface area contributed by atoms with Crippen LogP contribution in [0.4, 0.5) is 0 Å². The van der Waals surface area contributed by atoms with E-state index in [2.05, 4.69) is 20.9 Å². The molecule has 2 nitrogen and oxygen atoms in total. The zero-order valence-corrected chi connectivity index (χ0v) is 9.61. The van der Waals surface area contributed by atoms with Crippen LogP contribution in [0.1, 0.15) is 25.7 Å². The van der Waals surface area contributed by atoms with Crippen molar-refractivity contribution in [2.45, 2.75) is 36.6 Å². The fourth-order valence-corrected chi connectivity index (χ4v) is 2.26. The summed E-state index contributed by atoms with van der Waals surface area (Å²) in [6.07, 6.45) is 6.80. The summed E-state index contributed by atoms with van der Waals surface area (Å²) in [6.45, 7) is 0. The van der Waals surface area contributed by atoms with E-state index < -0.39 is 0 Å². The zero-order valence-electron chi connectivity index (χ0n) is 8.03. The van der Waals surface area contributed by atoms with Gasteiger partial charge in [0.05, 0.1) is 0 Å². The highest BCUT2D eigenvalue weighted by molar-refractivity contribution is 9.09. The van der Waals surface area contributed by atoms with E-state index >= 15 is 0 Å². The van der Waals surface area contributed by atoms with Crippen LogP contribution >= 0.6 is 15.9 Å². The average molecular weight is 256 g/mol. The van der Waals surface area contributed by atoms with Crippen molar-refractivity contribution in [3.63, 3.8) is 0 Å². The molecule has 0 radical (unpaired) electrons. The molecule has 0 bridgehead atoms. The summed E-state index contributed by atoms with van der Waals surface area (Å²) in [5.74, 6) is 0.755. The molecule has 1 heterocycles. The maximum absolute atomic E-state index is 5.77. The standard InChI is InChI=1S/C11H14BrNO/c12-9-4-6-10(7-5-9)14-11-3-1-2-8-13-11/h1-3,8-10H,4-7H2. The van der Waals surface area contributed by atoms with E-state index in [0.717, 1.165) is 18.7 Å². The minimum absolute atomic E-state index is 0.360. The lowest BCUT2D eigenvalue weighted by Gasteiger charge is -2.25. The highest BCUT2D eigenvalue weighted by atomic mass is 79.9. The molecule has 14 heavy (non-hydrogen) atoms. The summed E-state index contributed by atoms with van der Waals surface area (Å²) >= 11 is 3.63. The number of nitrogens with zero attached hydrogens (tertiary/aromatic N) is 1. The zero-order chi connectivity index (χ0) is 9.80. The first kappa shape index (κ1) is 9.97. The van der Waals surface area contributed by atoms with Gasteiger partial charge in [0, 0.05) is 17.1 Å². The normalized spacial score (nSPS) is 27.2. The number of pyridine rings is 1. The molecule has 0 amide bonds. The topological polar surface area (TPSA) is 22.1 Å². The van der Waals surface area contributed by atoms with E-state index in [4.69, 9.17) is 4.74 Å². The van der Waals surface area contributed by atoms with Gasteiger partial charge in [0.1, 0.15) is 6.10 Å². The van der Waals surface area contributed by atoms with Gasteiger partial charge in [-0.3, -0.25) is 0 Å². The van der Waals surface area contributed by atoms with Gasteiger partial charge in [-0.25, -0.2) is 4.98 Å². The Kier molecular flexibility index (Phi) is 3.40. The monoisotopic (exact) mass is 255 g/mol. The van der Waals surface area contributed by atoms with E-state index in [9.17, 15) is 0 Å². The van der Waals surface area contributed by atoms with Crippen LogP contribution in [0.2, 0.25) is 0 Å². The number of ether oxygens (including phenoxy) is 1. The van der Waals surface area contributed by atoms with Crippen molar-refractivity contribution in [2.24, 2.45) is 0 Å². The Hall–Kier alpha value is -0.570. The molecule has 3 heteroatoms. The highest BCUT2D eigenvalue weighted by Crippen LogP contribution is 2.26. The molecule has 1 aliphatic rings. The van der Waals surface area contributed by atoms with Crippen molar-refractivity contribution in [3.05, 3.63) is 24.4 Å². The third-order valence-corrected chi connectivity index (χ3v) is 3.44. The Morgan fingerprint density at radius 2 is 2.00 bits per heavy atom. The summed E-state index contributed by atoms with van der Waals surface area (Å²) in [5.41, 5.74) is 0. The van der Waals surface area contributed by atoms with Crippen molar-refractivity contribution in [1.29, 1.82) is 0 Å². The molecule has 1 aliphatic carbocycles. The second kappa shape index (κ2) is 4.78. The van der Waals surface area contributed by atoms with Gasteiger partial charge < -0.3 is 4.74 Å². The quantitative estimate of drug-likeness (QED) is 0.758. The molecule has 0 aromatic carbocycles. The summed E-state index contributed by atoms with van der Waals surface area (Å²) in [4.78, 5) is 4.84. The van der Waals surface area contributed by atoms with E-state index in [-0.39, 0.29) is 0 Å². The number of hydrogen-bond donors (Lipinski definition) is 0. The predicted octanol–water partition coefficient (Wildman–Crippen LogP) is 3.17. The Bertz CT molecular complexity index is 270. The number of halogens is 1. The van der Waals surface area contributed by atoms with Crippen LogP contribution in [-0.4, -0.2) is 15.9 Å². The van der Waals surface area contributed by atoms with Gasteiger partial charge in [0.2, 0.25) is 5.88 Å². The molecular weight excluding hydrogens is 242 g/mol. The Morgan fingerprint density at radius 3 is 2.64 bits per heavy atom. The fraction of sp³-hybridized carbons (Fsp3) is 0.545. The van der Waals surface area contributed by atoms with Crippen LogP contribution < -0.4 is 4.74 Å². The highest BCUT2D eigenvalue weighted by Gasteiger charge is 2.20. The van der Waals surface area contributed by atoms with Gasteiger partial charge in [0.15, 0.2) is 0 Å². The lowest BCUT2D eigenvalue weighted by atomic mass is 9.98. The second-order valence-electron chi connectivity index (χ2n) is 3.66. The van der Waals surface area contributed by atoms with Crippen molar-refractivity contribution in [2.75, 3.05) is 0 Å². The SMILES string of the molecule is BrC1CCC(Oc2ccccn2)CC1. The molecule has 0 unspecified atom stereocenters. The lowest BCUT2D eigenvalue weighted by molar-refractivity contribution is 0.151. The molecular formula is C11H14BrNO. The van der Waals surface area contributed by atoms with E-state index in [0.29, 0.717) is 10.9 Å². The third-order valence-electron chi connectivity index (χ3n) is 2.53. The van der Waals surface area contributed by atoms with E-state index in [1.165, 1.54) is 12.8 Å². The summed E-state index contributed by atoms with van der Waals surface area (Å²) in [6, 6.07) is 5.78. The number of hydrogen-bond acceptors (Lipinski definition) is 2. The molecule has 0 aliphatic heterocycles. The molecule has 1 saturated carbocycles. The van der Waals surface area contributed by atoms with Crippen molar-refractivity contribution >= 4 is 15.9 Å². The summed E-state index contributed by atoms with van der Waals surface area (Å²) in [5, 5.41) is 0. The van der Waals surface area contributed by atoms with Crippen LogP contribution in [0, 0.1) is 0 Å².